The van der Waals surface area contributed by atoms with Crippen LogP contribution < -0.4 is 5.32 Å². The number of ether oxygens (including phenoxy) is 2. The van der Waals surface area contributed by atoms with Gasteiger partial charge in [-0.15, -0.1) is 0 Å². The zero-order valence-electron chi connectivity index (χ0n) is 12.1. The predicted octanol–water partition coefficient (Wildman–Crippen LogP) is 2.73. The van der Waals surface area contributed by atoms with Gasteiger partial charge < -0.3 is 9.47 Å². The topological polar surface area (TPSA) is 108 Å². The Balaban J connectivity index is 3.01. The van der Waals surface area contributed by atoms with Crippen LogP contribution in [0.2, 0.25) is 0 Å². The van der Waals surface area contributed by atoms with Crippen LogP contribution in [0.15, 0.2) is 18.2 Å². The van der Waals surface area contributed by atoms with Gasteiger partial charge in [0.15, 0.2) is 0 Å². The van der Waals surface area contributed by atoms with Crippen LogP contribution in [0.4, 0.5) is 16.2 Å². The molecule has 21 heavy (non-hydrogen) atoms. The van der Waals surface area contributed by atoms with E-state index in [1.165, 1.54) is 12.1 Å². The zero-order valence-corrected chi connectivity index (χ0v) is 12.1. The molecule has 0 aliphatic rings. The van der Waals surface area contributed by atoms with E-state index in [9.17, 15) is 19.7 Å². The van der Waals surface area contributed by atoms with E-state index in [2.05, 4.69) is 10.1 Å². The first-order valence-corrected chi connectivity index (χ1v) is 6.01. The van der Waals surface area contributed by atoms with Crippen LogP contribution in [0.1, 0.15) is 31.1 Å². The maximum atomic E-state index is 11.6. The average molecular weight is 296 g/mol. The number of hydrogen-bond donors (Lipinski definition) is 1. The van der Waals surface area contributed by atoms with Gasteiger partial charge in [0, 0.05) is 6.07 Å². The monoisotopic (exact) mass is 296 g/mol. The van der Waals surface area contributed by atoms with Gasteiger partial charge in [0.1, 0.15) is 11.2 Å². The fourth-order valence-electron chi connectivity index (χ4n) is 1.46. The fraction of sp³-hybridized carbons (Fsp3) is 0.385. The van der Waals surface area contributed by atoms with Crippen molar-refractivity contribution in [2.24, 2.45) is 0 Å². The number of methoxy groups -OCH3 is 1. The molecular weight excluding hydrogens is 280 g/mol. The molecule has 0 bridgehead atoms. The summed E-state index contributed by atoms with van der Waals surface area (Å²) < 4.78 is 9.49. The Bertz CT molecular complexity index is 577. The van der Waals surface area contributed by atoms with E-state index in [-0.39, 0.29) is 11.3 Å². The number of benzene rings is 1. The lowest BCUT2D eigenvalue weighted by Gasteiger charge is -2.19. The first kappa shape index (κ1) is 16.4. The van der Waals surface area contributed by atoms with E-state index in [4.69, 9.17) is 4.74 Å². The summed E-state index contributed by atoms with van der Waals surface area (Å²) in [5.41, 5.74) is -1.21. The summed E-state index contributed by atoms with van der Waals surface area (Å²) in [4.78, 5) is 33.2. The summed E-state index contributed by atoms with van der Waals surface area (Å²) in [5.74, 6) is -0.828. The lowest BCUT2D eigenvalue weighted by Crippen LogP contribution is -2.27. The van der Waals surface area contributed by atoms with Crippen molar-refractivity contribution in [3.05, 3.63) is 33.9 Å². The molecule has 0 heterocycles. The molecule has 0 saturated carbocycles. The Hall–Kier alpha value is -2.64. The molecule has 1 aromatic carbocycles. The summed E-state index contributed by atoms with van der Waals surface area (Å²) >= 11 is 0. The van der Waals surface area contributed by atoms with Gasteiger partial charge in [0.25, 0.3) is 5.69 Å². The highest BCUT2D eigenvalue weighted by molar-refractivity contribution is 5.95. The summed E-state index contributed by atoms with van der Waals surface area (Å²) in [6.45, 7) is 5.07. The standard InChI is InChI=1S/C13H16N2O6/c1-13(2,3)21-12(17)14-8-5-6-9(11(16)20-4)10(7-8)15(18)19/h5-7H,1-4H3,(H,14,17). The third-order valence-electron chi connectivity index (χ3n) is 2.25. The molecule has 0 aromatic heterocycles. The molecule has 0 radical (unpaired) electrons. The molecule has 0 aliphatic carbocycles. The van der Waals surface area contributed by atoms with Crippen LogP contribution in [-0.4, -0.2) is 29.7 Å². The number of nitro benzene ring substituents is 1. The Morgan fingerprint density at radius 2 is 1.90 bits per heavy atom. The van der Waals surface area contributed by atoms with Crippen molar-refractivity contribution in [3.63, 3.8) is 0 Å². The van der Waals surface area contributed by atoms with E-state index in [1.807, 2.05) is 0 Å². The number of nitrogens with zero attached hydrogens (tertiary/aromatic N) is 1. The predicted molar refractivity (Wildman–Crippen MR) is 74.3 cm³/mol. The summed E-state index contributed by atoms with van der Waals surface area (Å²) in [7, 11) is 1.12. The smallest absolute Gasteiger partial charge is 0.412 e. The number of nitrogens with one attached hydrogen (secondary N) is 1. The number of nitro groups is 1. The van der Waals surface area contributed by atoms with Crippen molar-refractivity contribution in [3.8, 4) is 0 Å². The second-order valence-electron chi connectivity index (χ2n) is 5.11. The number of rotatable bonds is 3. The van der Waals surface area contributed by atoms with Crippen molar-refractivity contribution in [2.75, 3.05) is 12.4 Å². The molecular formula is C13H16N2O6. The zero-order chi connectivity index (χ0) is 16.2. The van der Waals surface area contributed by atoms with Gasteiger partial charge in [0.05, 0.1) is 17.7 Å². The van der Waals surface area contributed by atoms with Gasteiger partial charge in [-0.1, -0.05) is 0 Å². The molecule has 114 valence electrons. The Kier molecular flexibility index (Phi) is 4.85. The molecule has 0 saturated heterocycles. The molecule has 0 unspecified atom stereocenters. The van der Waals surface area contributed by atoms with Crippen LogP contribution in [0.5, 0.6) is 0 Å². The first-order valence-electron chi connectivity index (χ1n) is 6.01. The van der Waals surface area contributed by atoms with E-state index in [0.717, 1.165) is 13.2 Å². The van der Waals surface area contributed by atoms with Gasteiger partial charge in [-0.2, -0.15) is 0 Å². The largest absolute Gasteiger partial charge is 0.465 e. The minimum Gasteiger partial charge on any atom is -0.465 e. The molecule has 1 amide bonds. The van der Waals surface area contributed by atoms with Crippen LogP contribution in [0.3, 0.4) is 0 Å². The summed E-state index contributed by atoms with van der Waals surface area (Å²) in [6.07, 6.45) is -0.748. The van der Waals surface area contributed by atoms with Crippen LogP contribution in [-0.2, 0) is 9.47 Å². The summed E-state index contributed by atoms with van der Waals surface area (Å²) in [5, 5.41) is 13.3. The molecule has 1 rings (SSSR count). The van der Waals surface area contributed by atoms with E-state index < -0.39 is 28.3 Å². The summed E-state index contributed by atoms with van der Waals surface area (Å²) in [6, 6.07) is 3.62. The van der Waals surface area contributed by atoms with Crippen molar-refractivity contribution >= 4 is 23.4 Å². The van der Waals surface area contributed by atoms with Crippen molar-refractivity contribution in [1.82, 2.24) is 0 Å². The van der Waals surface area contributed by atoms with Gasteiger partial charge in [-0.25, -0.2) is 9.59 Å². The second-order valence-corrected chi connectivity index (χ2v) is 5.11. The quantitative estimate of drug-likeness (QED) is 0.522. The maximum Gasteiger partial charge on any atom is 0.412 e. The highest BCUT2D eigenvalue weighted by atomic mass is 16.6. The highest BCUT2D eigenvalue weighted by Gasteiger charge is 2.22. The van der Waals surface area contributed by atoms with E-state index in [1.54, 1.807) is 20.8 Å². The Morgan fingerprint density at radius 1 is 1.29 bits per heavy atom. The molecule has 8 nitrogen and oxygen atoms in total. The van der Waals surface area contributed by atoms with Crippen molar-refractivity contribution < 1.29 is 24.0 Å². The van der Waals surface area contributed by atoms with Crippen LogP contribution >= 0.6 is 0 Å². The van der Waals surface area contributed by atoms with Gasteiger partial charge in [0.2, 0.25) is 0 Å². The third-order valence-corrected chi connectivity index (χ3v) is 2.25. The maximum absolute atomic E-state index is 11.6. The van der Waals surface area contributed by atoms with Gasteiger partial charge in [-0.3, -0.25) is 15.4 Å². The van der Waals surface area contributed by atoms with Crippen LogP contribution in [0.25, 0.3) is 0 Å². The Morgan fingerprint density at radius 3 is 2.38 bits per heavy atom. The molecule has 0 spiro atoms. The molecule has 1 N–H and O–H groups in total. The van der Waals surface area contributed by atoms with Crippen molar-refractivity contribution in [2.45, 2.75) is 26.4 Å². The molecule has 0 atom stereocenters. The number of anilines is 1. The second kappa shape index (κ2) is 6.21. The SMILES string of the molecule is COC(=O)c1ccc(NC(=O)OC(C)(C)C)cc1[N+](=O)[O-]. The lowest BCUT2D eigenvalue weighted by atomic mass is 10.1. The van der Waals surface area contributed by atoms with Crippen LogP contribution in [0, 0.1) is 10.1 Å². The first-order chi connectivity index (χ1) is 9.64. The number of esters is 1. The number of amides is 1. The molecule has 1 aromatic rings. The molecule has 0 aliphatic heterocycles. The van der Waals surface area contributed by atoms with Gasteiger partial charge >= 0.3 is 12.1 Å². The number of carbonyl (C=O) groups is 2. The molecule has 0 fully saturated rings. The lowest BCUT2D eigenvalue weighted by molar-refractivity contribution is -0.385. The number of carbonyl (C=O) groups excluding carboxylic acids is 2. The van der Waals surface area contributed by atoms with Gasteiger partial charge in [-0.05, 0) is 32.9 Å². The highest BCUT2D eigenvalue weighted by Crippen LogP contribution is 2.24. The normalized spacial score (nSPS) is 10.7. The fourth-order valence-corrected chi connectivity index (χ4v) is 1.46. The minimum absolute atomic E-state index is 0.142. The number of hydrogen-bond acceptors (Lipinski definition) is 6. The third kappa shape index (κ3) is 4.75. The van der Waals surface area contributed by atoms with Crippen molar-refractivity contribution in [1.29, 1.82) is 0 Å². The van der Waals surface area contributed by atoms with E-state index >= 15 is 0 Å². The molecule has 8 heteroatoms. The average Bonchev–Trinajstić information content (AvgIpc) is 2.35. The Labute approximate surface area is 121 Å². The van der Waals surface area contributed by atoms with E-state index in [0.29, 0.717) is 0 Å². The minimum atomic E-state index is -0.828.